The standard InChI is InChI=1S/C12H19N5O2S/c18-7-10-3-1-2-6-16(10)11(19)8-20-12-13-14-15-17(12)9-4-5-9/h9-10,18H,1-8H2. The van der Waals surface area contributed by atoms with Crippen LogP contribution in [-0.2, 0) is 4.79 Å². The van der Waals surface area contributed by atoms with Gasteiger partial charge in [-0.05, 0) is 42.5 Å². The molecule has 110 valence electrons. The van der Waals surface area contributed by atoms with Gasteiger partial charge in [-0.25, -0.2) is 4.68 Å². The van der Waals surface area contributed by atoms with Crippen molar-refractivity contribution in [2.75, 3.05) is 18.9 Å². The second-order valence-electron chi connectivity index (χ2n) is 5.35. The van der Waals surface area contributed by atoms with Crippen LogP contribution in [0.1, 0.15) is 38.1 Å². The number of carbonyl (C=O) groups is 1. The summed E-state index contributed by atoms with van der Waals surface area (Å²) >= 11 is 1.39. The summed E-state index contributed by atoms with van der Waals surface area (Å²) in [5.74, 6) is 0.406. The van der Waals surface area contributed by atoms with E-state index in [2.05, 4.69) is 15.5 Å². The molecule has 0 spiro atoms. The van der Waals surface area contributed by atoms with Gasteiger partial charge in [0.2, 0.25) is 11.1 Å². The van der Waals surface area contributed by atoms with E-state index in [0.717, 1.165) is 43.8 Å². The van der Waals surface area contributed by atoms with E-state index in [9.17, 15) is 9.90 Å². The number of nitrogens with zero attached hydrogens (tertiary/aromatic N) is 5. The minimum absolute atomic E-state index is 0.0173. The third-order valence-corrected chi connectivity index (χ3v) is 4.76. The molecule has 2 heterocycles. The summed E-state index contributed by atoms with van der Waals surface area (Å²) in [6.45, 7) is 0.800. The Morgan fingerprint density at radius 2 is 2.20 bits per heavy atom. The first-order valence-corrected chi connectivity index (χ1v) is 8.09. The van der Waals surface area contributed by atoms with E-state index in [1.807, 2.05) is 9.58 Å². The molecule has 2 aliphatic rings. The fourth-order valence-electron chi connectivity index (χ4n) is 2.56. The zero-order valence-electron chi connectivity index (χ0n) is 11.3. The summed E-state index contributed by atoms with van der Waals surface area (Å²) in [6.07, 6.45) is 5.23. The monoisotopic (exact) mass is 297 g/mol. The van der Waals surface area contributed by atoms with Crippen LogP contribution in [0.3, 0.4) is 0 Å². The highest BCUT2D eigenvalue weighted by atomic mass is 32.2. The topological polar surface area (TPSA) is 84.1 Å². The number of rotatable bonds is 5. The molecule has 1 saturated carbocycles. The molecule has 3 rings (SSSR count). The number of thioether (sulfide) groups is 1. The fourth-order valence-corrected chi connectivity index (χ4v) is 3.39. The molecule has 1 unspecified atom stereocenters. The fraction of sp³-hybridized carbons (Fsp3) is 0.833. The van der Waals surface area contributed by atoms with Crippen molar-refractivity contribution >= 4 is 17.7 Å². The lowest BCUT2D eigenvalue weighted by Gasteiger charge is -2.34. The van der Waals surface area contributed by atoms with Gasteiger partial charge < -0.3 is 10.0 Å². The first-order chi connectivity index (χ1) is 9.79. The van der Waals surface area contributed by atoms with E-state index in [1.165, 1.54) is 11.8 Å². The average molecular weight is 297 g/mol. The number of aliphatic hydroxyl groups is 1. The second-order valence-corrected chi connectivity index (χ2v) is 6.29. The van der Waals surface area contributed by atoms with Gasteiger partial charge in [0.1, 0.15) is 0 Å². The molecule has 1 N–H and O–H groups in total. The minimum atomic E-state index is -0.0173. The van der Waals surface area contributed by atoms with Crippen LogP contribution >= 0.6 is 11.8 Å². The van der Waals surface area contributed by atoms with E-state index >= 15 is 0 Å². The van der Waals surface area contributed by atoms with E-state index in [0.29, 0.717) is 11.8 Å². The van der Waals surface area contributed by atoms with Crippen LogP contribution in [0.5, 0.6) is 0 Å². The maximum absolute atomic E-state index is 12.3. The van der Waals surface area contributed by atoms with E-state index in [-0.39, 0.29) is 18.6 Å². The maximum Gasteiger partial charge on any atom is 0.233 e. The highest BCUT2D eigenvalue weighted by Crippen LogP contribution is 2.36. The Morgan fingerprint density at radius 3 is 2.95 bits per heavy atom. The molecule has 0 aromatic carbocycles. The highest BCUT2D eigenvalue weighted by molar-refractivity contribution is 7.99. The Morgan fingerprint density at radius 1 is 1.35 bits per heavy atom. The number of carbonyl (C=O) groups excluding carboxylic acids is 1. The number of amides is 1. The Kier molecular flexibility index (Phi) is 4.21. The number of hydrogen-bond acceptors (Lipinski definition) is 6. The SMILES string of the molecule is O=C(CSc1nnnn1C1CC1)N1CCCCC1CO. The molecule has 0 bridgehead atoms. The summed E-state index contributed by atoms with van der Waals surface area (Å²) in [5.41, 5.74) is 0. The zero-order valence-corrected chi connectivity index (χ0v) is 12.1. The number of likely N-dealkylation sites (tertiary alicyclic amines) is 1. The van der Waals surface area contributed by atoms with Crippen LogP contribution in [0, 0.1) is 0 Å². The predicted molar refractivity (Wildman–Crippen MR) is 73.2 cm³/mol. The molecule has 1 amide bonds. The molecule has 2 fully saturated rings. The lowest BCUT2D eigenvalue weighted by Crippen LogP contribution is -2.46. The smallest absolute Gasteiger partial charge is 0.233 e. The van der Waals surface area contributed by atoms with E-state index in [4.69, 9.17) is 0 Å². The van der Waals surface area contributed by atoms with Crippen molar-refractivity contribution < 1.29 is 9.90 Å². The van der Waals surface area contributed by atoms with Gasteiger partial charge >= 0.3 is 0 Å². The normalized spacial score (nSPS) is 23.1. The molecular formula is C12H19N5O2S. The molecule has 1 saturated heterocycles. The van der Waals surface area contributed by atoms with Crippen LogP contribution in [0.4, 0.5) is 0 Å². The number of aliphatic hydroxyl groups excluding tert-OH is 1. The molecule has 0 radical (unpaired) electrons. The summed E-state index contributed by atoms with van der Waals surface area (Å²) in [7, 11) is 0. The quantitative estimate of drug-likeness (QED) is 0.796. The zero-order chi connectivity index (χ0) is 13.9. The van der Waals surface area contributed by atoms with Gasteiger partial charge in [0.15, 0.2) is 0 Å². The first kappa shape index (κ1) is 13.8. The molecular weight excluding hydrogens is 278 g/mol. The van der Waals surface area contributed by atoms with Crippen molar-refractivity contribution in [3.8, 4) is 0 Å². The van der Waals surface area contributed by atoms with Gasteiger partial charge in [-0.15, -0.1) is 5.10 Å². The lowest BCUT2D eigenvalue weighted by atomic mass is 10.0. The van der Waals surface area contributed by atoms with Gasteiger partial charge in [-0.1, -0.05) is 11.8 Å². The predicted octanol–water partition coefficient (Wildman–Crippen LogP) is 0.474. The second kappa shape index (κ2) is 6.09. The Labute approximate surface area is 121 Å². The van der Waals surface area contributed by atoms with Crippen molar-refractivity contribution in [3.63, 3.8) is 0 Å². The summed E-state index contributed by atoms with van der Waals surface area (Å²) < 4.78 is 1.82. The van der Waals surface area contributed by atoms with Crippen LogP contribution in [0.2, 0.25) is 0 Å². The van der Waals surface area contributed by atoms with Gasteiger partial charge in [0.05, 0.1) is 24.4 Å². The molecule has 1 aromatic heterocycles. The molecule has 1 aromatic rings. The first-order valence-electron chi connectivity index (χ1n) is 7.10. The minimum Gasteiger partial charge on any atom is -0.394 e. The van der Waals surface area contributed by atoms with Gasteiger partial charge in [0, 0.05) is 6.54 Å². The number of hydrogen-bond donors (Lipinski definition) is 1. The summed E-state index contributed by atoms with van der Waals surface area (Å²) in [6, 6.07) is 0.402. The maximum atomic E-state index is 12.3. The molecule has 1 aliphatic heterocycles. The van der Waals surface area contributed by atoms with Crippen molar-refractivity contribution in [2.24, 2.45) is 0 Å². The summed E-state index contributed by atoms with van der Waals surface area (Å²) in [4.78, 5) is 14.1. The van der Waals surface area contributed by atoms with Crippen LogP contribution in [0.15, 0.2) is 5.16 Å². The van der Waals surface area contributed by atoms with Crippen molar-refractivity contribution in [2.45, 2.75) is 49.3 Å². The summed E-state index contributed by atoms with van der Waals surface area (Å²) in [5, 5.41) is 21.7. The van der Waals surface area contributed by atoms with Gasteiger partial charge in [-0.3, -0.25) is 4.79 Å². The Hall–Kier alpha value is -1.15. The molecule has 20 heavy (non-hydrogen) atoms. The number of aromatic nitrogens is 4. The van der Waals surface area contributed by atoms with E-state index < -0.39 is 0 Å². The number of tetrazole rings is 1. The van der Waals surface area contributed by atoms with Crippen molar-refractivity contribution in [1.29, 1.82) is 0 Å². The Balaban J connectivity index is 1.56. The largest absolute Gasteiger partial charge is 0.394 e. The molecule has 1 atom stereocenters. The third kappa shape index (κ3) is 2.95. The van der Waals surface area contributed by atoms with E-state index in [1.54, 1.807) is 0 Å². The molecule has 7 nitrogen and oxygen atoms in total. The van der Waals surface area contributed by atoms with Crippen LogP contribution in [0.25, 0.3) is 0 Å². The highest BCUT2D eigenvalue weighted by Gasteiger charge is 2.29. The van der Waals surface area contributed by atoms with Crippen molar-refractivity contribution in [3.05, 3.63) is 0 Å². The Bertz CT molecular complexity index is 476. The van der Waals surface area contributed by atoms with Crippen molar-refractivity contribution in [1.82, 2.24) is 25.1 Å². The van der Waals surface area contributed by atoms with Gasteiger partial charge in [-0.2, -0.15) is 0 Å². The number of piperidine rings is 1. The van der Waals surface area contributed by atoms with Gasteiger partial charge in [0.25, 0.3) is 0 Å². The van der Waals surface area contributed by atoms with Crippen LogP contribution < -0.4 is 0 Å². The lowest BCUT2D eigenvalue weighted by molar-refractivity contribution is -0.132. The van der Waals surface area contributed by atoms with Crippen LogP contribution in [-0.4, -0.2) is 61.1 Å². The average Bonchev–Trinajstić information content (AvgIpc) is 3.23. The molecule has 8 heteroatoms. The molecule has 1 aliphatic carbocycles. The third-order valence-electron chi connectivity index (χ3n) is 3.84.